The van der Waals surface area contributed by atoms with Crippen LogP contribution in [-0.2, 0) is 14.4 Å². The third-order valence-corrected chi connectivity index (χ3v) is 5.98. The van der Waals surface area contributed by atoms with Crippen LogP contribution in [0.2, 0.25) is 0 Å². The summed E-state index contributed by atoms with van der Waals surface area (Å²) in [5.74, 6) is -1.89. The molecule has 1 saturated heterocycles. The molecule has 1 aliphatic rings. The van der Waals surface area contributed by atoms with Crippen LogP contribution >= 0.6 is 0 Å². The Morgan fingerprint density at radius 2 is 1.91 bits per heavy atom. The van der Waals surface area contributed by atoms with Crippen LogP contribution in [0.1, 0.15) is 30.0 Å². The molecule has 2 aromatic heterocycles. The van der Waals surface area contributed by atoms with E-state index in [9.17, 15) is 24.8 Å². The highest BCUT2D eigenvalue weighted by molar-refractivity contribution is 5.96. The molecule has 0 spiro atoms. The van der Waals surface area contributed by atoms with E-state index in [2.05, 4.69) is 21.4 Å². The van der Waals surface area contributed by atoms with Crippen LogP contribution < -0.4 is 10.2 Å². The predicted molar refractivity (Wildman–Crippen MR) is 127 cm³/mol. The number of carbonyl (C=O) groups excluding carboxylic acids is 1. The molecule has 4 rings (SSSR count). The number of pyridine rings is 1. The molecule has 1 aromatic carbocycles. The summed E-state index contributed by atoms with van der Waals surface area (Å²) < 4.78 is 0. The number of piperazine rings is 1. The third-order valence-electron chi connectivity index (χ3n) is 5.98. The summed E-state index contributed by atoms with van der Waals surface area (Å²) in [5.41, 5.74) is 2.23. The van der Waals surface area contributed by atoms with Crippen LogP contribution in [0.15, 0.2) is 42.7 Å². The number of amides is 1. The Kier molecular flexibility index (Phi) is 6.93. The second kappa shape index (κ2) is 10.2. The van der Waals surface area contributed by atoms with Crippen LogP contribution in [-0.4, -0.2) is 69.1 Å². The number of rotatable bonds is 8. The Hall–Kier alpha value is -4.43. The standard InChI is InChI=1S/C24H24N6O5/c25-13-15-2-1-7-26-23(15)30-10-8-29(9-11-30)22(24(34)35)18-14-27-19-4-3-16(12-17(18)19)28-20(31)5-6-21(32)33/h1-4,7,12,14,22,27H,5-6,8-11H2,(H,28,31)(H,32,33)(H,34,35)/t22-/m1/s1. The molecule has 1 aliphatic heterocycles. The molecule has 11 heteroatoms. The molecule has 35 heavy (non-hydrogen) atoms. The molecule has 0 saturated carbocycles. The highest BCUT2D eigenvalue weighted by Crippen LogP contribution is 2.32. The minimum atomic E-state index is -1.06. The van der Waals surface area contributed by atoms with Crippen molar-refractivity contribution in [1.29, 1.82) is 5.26 Å². The van der Waals surface area contributed by atoms with Crippen molar-refractivity contribution in [2.45, 2.75) is 18.9 Å². The summed E-state index contributed by atoms with van der Waals surface area (Å²) in [6.45, 7) is 1.94. The second-order valence-corrected chi connectivity index (χ2v) is 8.20. The van der Waals surface area contributed by atoms with E-state index >= 15 is 0 Å². The number of nitrogens with one attached hydrogen (secondary N) is 2. The van der Waals surface area contributed by atoms with Gasteiger partial charge in [-0.1, -0.05) is 0 Å². The minimum Gasteiger partial charge on any atom is -0.481 e. The van der Waals surface area contributed by atoms with E-state index < -0.39 is 23.9 Å². The number of carboxylic acids is 2. The first kappa shape index (κ1) is 23.7. The van der Waals surface area contributed by atoms with E-state index in [-0.39, 0.29) is 12.8 Å². The highest BCUT2D eigenvalue weighted by Gasteiger charge is 2.33. The van der Waals surface area contributed by atoms with Crippen LogP contribution in [0.5, 0.6) is 0 Å². The fourth-order valence-electron chi connectivity index (χ4n) is 4.30. The predicted octanol–water partition coefficient (Wildman–Crippen LogP) is 2.19. The molecule has 0 aliphatic carbocycles. The molecule has 0 radical (unpaired) electrons. The average molecular weight is 476 g/mol. The van der Waals surface area contributed by atoms with E-state index in [0.29, 0.717) is 54.2 Å². The number of aromatic nitrogens is 2. The van der Waals surface area contributed by atoms with Gasteiger partial charge in [0.2, 0.25) is 5.91 Å². The Morgan fingerprint density at radius 1 is 1.14 bits per heavy atom. The first-order chi connectivity index (χ1) is 16.9. The number of aliphatic carboxylic acids is 2. The van der Waals surface area contributed by atoms with Crippen LogP contribution in [0.4, 0.5) is 11.5 Å². The van der Waals surface area contributed by atoms with Crippen molar-refractivity contribution in [1.82, 2.24) is 14.9 Å². The number of hydrogen-bond donors (Lipinski definition) is 4. The van der Waals surface area contributed by atoms with Gasteiger partial charge < -0.3 is 25.4 Å². The molecular formula is C24H24N6O5. The molecule has 1 amide bonds. The van der Waals surface area contributed by atoms with Gasteiger partial charge in [0.25, 0.3) is 0 Å². The topological polar surface area (TPSA) is 163 Å². The van der Waals surface area contributed by atoms with E-state index in [0.717, 1.165) is 5.52 Å². The summed E-state index contributed by atoms with van der Waals surface area (Å²) in [6, 6.07) is 9.76. The summed E-state index contributed by atoms with van der Waals surface area (Å²) in [4.78, 5) is 46.4. The SMILES string of the molecule is N#Cc1cccnc1N1CCN([C@@H](C(=O)O)c2c[nH]c3ccc(NC(=O)CCC(=O)O)cc23)CC1. The monoisotopic (exact) mass is 476 g/mol. The molecule has 0 unspecified atom stereocenters. The molecular weight excluding hydrogens is 452 g/mol. The van der Waals surface area contributed by atoms with Gasteiger partial charge in [-0.25, -0.2) is 4.98 Å². The van der Waals surface area contributed by atoms with Crippen molar-refractivity contribution < 1.29 is 24.6 Å². The fraction of sp³-hybridized carbons (Fsp3) is 0.292. The Balaban J connectivity index is 1.53. The average Bonchev–Trinajstić information content (AvgIpc) is 3.26. The normalized spacial score (nSPS) is 14.9. The number of aromatic amines is 1. The molecule has 0 bridgehead atoms. The van der Waals surface area contributed by atoms with Gasteiger partial charge >= 0.3 is 11.9 Å². The number of H-pyrrole nitrogens is 1. The van der Waals surface area contributed by atoms with Crippen molar-refractivity contribution in [3.05, 3.63) is 53.9 Å². The summed E-state index contributed by atoms with van der Waals surface area (Å²) in [5, 5.41) is 31.6. The number of anilines is 2. The lowest BCUT2D eigenvalue weighted by Gasteiger charge is -2.38. The van der Waals surface area contributed by atoms with Crippen molar-refractivity contribution in [3.8, 4) is 6.07 Å². The van der Waals surface area contributed by atoms with E-state index in [1.54, 1.807) is 42.7 Å². The lowest BCUT2D eigenvalue weighted by Crippen LogP contribution is -2.49. The van der Waals surface area contributed by atoms with Crippen LogP contribution in [0.3, 0.4) is 0 Å². The number of nitrogens with zero attached hydrogens (tertiary/aromatic N) is 4. The molecule has 3 heterocycles. The minimum absolute atomic E-state index is 0.154. The summed E-state index contributed by atoms with van der Waals surface area (Å²) in [7, 11) is 0. The van der Waals surface area contributed by atoms with Gasteiger partial charge in [-0.05, 0) is 30.3 Å². The van der Waals surface area contributed by atoms with E-state index in [1.807, 2.05) is 9.80 Å². The summed E-state index contributed by atoms with van der Waals surface area (Å²) >= 11 is 0. The number of nitriles is 1. The van der Waals surface area contributed by atoms with Crippen molar-refractivity contribution in [3.63, 3.8) is 0 Å². The van der Waals surface area contributed by atoms with Crippen molar-refractivity contribution in [2.24, 2.45) is 0 Å². The zero-order valence-electron chi connectivity index (χ0n) is 18.8. The van der Waals surface area contributed by atoms with Crippen molar-refractivity contribution in [2.75, 3.05) is 36.4 Å². The van der Waals surface area contributed by atoms with E-state index in [4.69, 9.17) is 5.11 Å². The zero-order valence-corrected chi connectivity index (χ0v) is 18.8. The molecule has 1 atom stereocenters. The van der Waals surface area contributed by atoms with Gasteiger partial charge in [0.05, 0.1) is 12.0 Å². The van der Waals surface area contributed by atoms with Crippen molar-refractivity contribution >= 4 is 40.3 Å². The third kappa shape index (κ3) is 5.23. The Bertz CT molecular complexity index is 1310. The number of benzene rings is 1. The maximum absolute atomic E-state index is 12.4. The fourth-order valence-corrected chi connectivity index (χ4v) is 4.30. The van der Waals surface area contributed by atoms with Gasteiger partial charge in [-0.15, -0.1) is 0 Å². The maximum Gasteiger partial charge on any atom is 0.325 e. The quantitative estimate of drug-likeness (QED) is 0.382. The lowest BCUT2D eigenvalue weighted by molar-refractivity contribution is -0.143. The van der Waals surface area contributed by atoms with Gasteiger partial charge in [-0.3, -0.25) is 19.3 Å². The number of fused-ring (bicyclic) bond motifs is 1. The van der Waals surface area contributed by atoms with Gasteiger partial charge in [0, 0.05) is 67.1 Å². The number of carboxylic acid groups (broad SMARTS) is 2. The molecule has 4 N–H and O–H groups in total. The van der Waals surface area contributed by atoms with Gasteiger partial charge in [-0.2, -0.15) is 5.26 Å². The molecule has 3 aromatic rings. The summed E-state index contributed by atoms with van der Waals surface area (Å²) in [6.07, 6.45) is 2.87. The molecule has 1 fully saturated rings. The van der Waals surface area contributed by atoms with Gasteiger partial charge in [0.1, 0.15) is 17.9 Å². The maximum atomic E-state index is 12.4. The highest BCUT2D eigenvalue weighted by atomic mass is 16.4. The first-order valence-corrected chi connectivity index (χ1v) is 11.1. The second-order valence-electron chi connectivity index (χ2n) is 8.20. The Labute approximate surface area is 200 Å². The molecule has 11 nitrogen and oxygen atoms in total. The van der Waals surface area contributed by atoms with Crippen LogP contribution in [0, 0.1) is 11.3 Å². The van der Waals surface area contributed by atoms with Crippen LogP contribution in [0.25, 0.3) is 10.9 Å². The lowest BCUT2D eigenvalue weighted by atomic mass is 10.0. The number of carbonyl (C=O) groups is 3. The van der Waals surface area contributed by atoms with Gasteiger partial charge in [0.15, 0.2) is 0 Å². The smallest absolute Gasteiger partial charge is 0.325 e. The number of hydrogen-bond acceptors (Lipinski definition) is 7. The molecule has 180 valence electrons. The first-order valence-electron chi connectivity index (χ1n) is 11.1. The Morgan fingerprint density at radius 3 is 2.60 bits per heavy atom. The largest absolute Gasteiger partial charge is 0.481 e. The van der Waals surface area contributed by atoms with E-state index in [1.165, 1.54) is 0 Å². The zero-order chi connectivity index (χ0) is 24.9.